The summed E-state index contributed by atoms with van der Waals surface area (Å²) in [5.41, 5.74) is 10.5. The van der Waals surface area contributed by atoms with E-state index < -0.39 is 0 Å². The van der Waals surface area contributed by atoms with Gasteiger partial charge < -0.3 is 24.8 Å². The number of allylic oxidation sites excluding steroid dienone is 4. The van der Waals surface area contributed by atoms with Gasteiger partial charge in [-0.1, -0.05) is 119 Å². The van der Waals surface area contributed by atoms with Gasteiger partial charge in [0.2, 0.25) is 0 Å². The molecule has 0 bridgehead atoms. The van der Waals surface area contributed by atoms with Crippen LogP contribution >= 0.6 is 0 Å². The Hall–Kier alpha value is -2.44. The predicted octanol–water partition coefficient (Wildman–Crippen LogP) is 0.369. The van der Waals surface area contributed by atoms with Crippen molar-refractivity contribution in [2.45, 2.75) is 20.3 Å². The minimum Gasteiger partial charge on any atom is -1.00 e. The molecule has 0 fully saturated rings. The Morgan fingerprint density at radius 1 is 0.667 bits per heavy atom. The number of hydrogen-bond donors (Lipinski definition) is 0. The van der Waals surface area contributed by atoms with Crippen LogP contribution in [-0.2, 0) is 26.2 Å². The molecule has 0 aliphatic heterocycles. The normalized spacial score (nSPS) is 12.8. The van der Waals surface area contributed by atoms with Crippen LogP contribution in [0.3, 0.4) is 0 Å². The van der Waals surface area contributed by atoms with Crippen molar-refractivity contribution in [1.29, 1.82) is 0 Å². The van der Waals surface area contributed by atoms with Crippen molar-refractivity contribution >= 4 is 17.2 Å². The van der Waals surface area contributed by atoms with Crippen LogP contribution in [0, 0.1) is 10.4 Å². The van der Waals surface area contributed by atoms with E-state index in [1.165, 1.54) is 65.4 Å². The van der Waals surface area contributed by atoms with Gasteiger partial charge in [0.15, 0.2) is 0 Å². The number of hydrogen-bond acceptors (Lipinski definition) is 0. The topological polar surface area (TPSA) is 0 Å². The summed E-state index contributed by atoms with van der Waals surface area (Å²) in [6, 6.07) is 34.8. The first-order chi connectivity index (χ1) is 16.2. The third-order valence-electron chi connectivity index (χ3n) is 6.92. The van der Waals surface area contributed by atoms with E-state index in [1.54, 1.807) is 0 Å². The first-order valence-electron chi connectivity index (χ1n) is 11.6. The summed E-state index contributed by atoms with van der Waals surface area (Å²) in [6.07, 6.45) is 7.15. The second kappa shape index (κ2) is 11.7. The maximum absolute atomic E-state index is 3.78. The molecule has 0 saturated heterocycles. The third kappa shape index (κ3) is 4.90. The number of fused-ring (bicyclic) bond motifs is 2. The van der Waals surface area contributed by atoms with Gasteiger partial charge in [-0.2, -0.15) is 0 Å². The summed E-state index contributed by atoms with van der Waals surface area (Å²) in [7, 11) is 0. The first kappa shape index (κ1) is 28.1. The zero-order valence-corrected chi connectivity index (χ0v) is 24.2. The molecule has 0 aromatic heterocycles. The van der Waals surface area contributed by atoms with Gasteiger partial charge in [-0.15, -0.1) is 33.4 Å². The van der Waals surface area contributed by atoms with Crippen molar-refractivity contribution in [1.82, 2.24) is 0 Å². The smallest absolute Gasteiger partial charge is 1.00 e. The van der Waals surface area contributed by atoms with Gasteiger partial charge in [-0.3, -0.25) is 0 Å². The molecule has 36 heavy (non-hydrogen) atoms. The van der Waals surface area contributed by atoms with E-state index in [9.17, 15) is 0 Å². The fraction of sp³-hybridized carbons (Fsp3) is 0.0909. The van der Waals surface area contributed by atoms with Gasteiger partial charge in [-0.25, -0.2) is 0 Å². The molecular formula is C33H25Cl2Zr. The van der Waals surface area contributed by atoms with Crippen LogP contribution in [0.5, 0.6) is 0 Å². The molecule has 0 N–H and O–H groups in total. The van der Waals surface area contributed by atoms with Crippen molar-refractivity contribution in [3.63, 3.8) is 0 Å². The van der Waals surface area contributed by atoms with Crippen molar-refractivity contribution in [3.05, 3.63) is 157 Å². The summed E-state index contributed by atoms with van der Waals surface area (Å²) in [6.45, 7) is 4.48. The molecule has 6 rings (SSSR count). The molecule has 4 aromatic carbocycles. The van der Waals surface area contributed by atoms with E-state index >= 15 is 0 Å². The van der Waals surface area contributed by atoms with Gasteiger partial charge in [0.1, 0.15) is 0 Å². The largest absolute Gasteiger partial charge is 3.00 e. The second-order valence-corrected chi connectivity index (χ2v) is 9.00. The quantitative estimate of drug-likeness (QED) is 0.270. The Labute approximate surface area is 244 Å². The van der Waals surface area contributed by atoms with E-state index in [-0.39, 0.29) is 51.0 Å². The van der Waals surface area contributed by atoms with Crippen LogP contribution in [0.2, 0.25) is 0 Å². The molecule has 3 heteroatoms. The van der Waals surface area contributed by atoms with Crippen LogP contribution in [0.25, 0.3) is 17.2 Å². The molecule has 0 atom stereocenters. The fourth-order valence-electron chi connectivity index (χ4n) is 5.17. The molecule has 0 spiro atoms. The molecule has 0 nitrogen and oxygen atoms in total. The van der Waals surface area contributed by atoms with Crippen molar-refractivity contribution in [2.24, 2.45) is 0 Å². The molecular weight excluding hydrogens is 558 g/mol. The Morgan fingerprint density at radius 2 is 1.25 bits per heavy atom. The summed E-state index contributed by atoms with van der Waals surface area (Å²) < 4.78 is 0. The molecule has 0 heterocycles. The molecule has 4 aromatic rings. The van der Waals surface area contributed by atoms with Crippen LogP contribution in [0.4, 0.5) is 0 Å². The fourth-order valence-corrected chi connectivity index (χ4v) is 5.17. The van der Waals surface area contributed by atoms with E-state index in [4.69, 9.17) is 0 Å². The van der Waals surface area contributed by atoms with E-state index in [0.717, 1.165) is 6.42 Å². The second-order valence-electron chi connectivity index (χ2n) is 9.00. The third-order valence-corrected chi connectivity index (χ3v) is 6.92. The standard InChI is InChI=1S/C33H25.2ClH.Zr/c1-22-19-27(20-23(22)2)33-30(18-17-29-28-16-10-9-15-26(28)21-31(29)33)32(24-11-5-3-6-12-24)25-13-7-4-8-14-25;;;/h3-19H,20H2,1-2H3;2*1H;/q-1;;;+3/p-2. The van der Waals surface area contributed by atoms with Crippen LogP contribution in [0.1, 0.15) is 42.5 Å². The maximum Gasteiger partial charge on any atom is 3.00 e. The van der Waals surface area contributed by atoms with E-state index in [0.29, 0.717) is 0 Å². The van der Waals surface area contributed by atoms with Gasteiger partial charge in [0.05, 0.1) is 0 Å². The molecule has 175 valence electrons. The van der Waals surface area contributed by atoms with E-state index in [1.807, 2.05) is 0 Å². The Bertz CT molecular complexity index is 1640. The molecule has 2 aliphatic carbocycles. The molecule has 2 aliphatic rings. The molecule has 0 unspecified atom stereocenters. The summed E-state index contributed by atoms with van der Waals surface area (Å²) in [4.78, 5) is 0. The van der Waals surface area contributed by atoms with Crippen molar-refractivity contribution in [2.75, 3.05) is 0 Å². The zero-order valence-electron chi connectivity index (χ0n) is 20.3. The number of rotatable bonds is 3. The summed E-state index contributed by atoms with van der Waals surface area (Å²) in [5, 5.41) is 5.03. The Kier molecular flexibility index (Phi) is 9.18. The molecule has 0 amide bonds. The monoisotopic (exact) mass is 581 g/mol. The Balaban J connectivity index is 0.00000120. The average Bonchev–Trinajstić information content (AvgIpc) is 3.39. The predicted molar refractivity (Wildman–Crippen MR) is 138 cm³/mol. The zero-order chi connectivity index (χ0) is 22.4. The van der Waals surface area contributed by atoms with Gasteiger partial charge >= 0.3 is 26.2 Å². The average molecular weight is 584 g/mol. The van der Waals surface area contributed by atoms with Crippen molar-refractivity contribution < 1.29 is 51.0 Å². The minimum atomic E-state index is 0. The maximum atomic E-state index is 3.78. The van der Waals surface area contributed by atoms with Gasteiger partial charge in [0, 0.05) is 0 Å². The minimum absolute atomic E-state index is 0. The van der Waals surface area contributed by atoms with Gasteiger partial charge in [0.25, 0.3) is 0 Å². The van der Waals surface area contributed by atoms with Gasteiger partial charge in [-0.05, 0) is 42.2 Å². The van der Waals surface area contributed by atoms with E-state index in [2.05, 4.69) is 123 Å². The Morgan fingerprint density at radius 3 is 1.83 bits per heavy atom. The first-order valence-corrected chi connectivity index (χ1v) is 11.6. The van der Waals surface area contributed by atoms with Crippen molar-refractivity contribution in [3.8, 4) is 0 Å². The number of halogens is 2. The van der Waals surface area contributed by atoms with Crippen LogP contribution in [-0.4, -0.2) is 0 Å². The van der Waals surface area contributed by atoms with Crippen LogP contribution < -0.4 is 35.3 Å². The SMILES string of the molecule is CC1=C(C)CC(c2c3c(ccc2=C(c2ccccc2)c2ccccc2)=c2ccccc2=[C-]3)=C1.[Cl-].[Cl-].[Zr+3]. The number of benzene rings is 4. The van der Waals surface area contributed by atoms with Crippen LogP contribution in [0.15, 0.2) is 114 Å². The molecule has 0 saturated carbocycles. The summed E-state index contributed by atoms with van der Waals surface area (Å²) in [5.74, 6) is 0. The summed E-state index contributed by atoms with van der Waals surface area (Å²) >= 11 is 0. The molecule has 1 radical (unpaired) electrons.